The smallest absolute Gasteiger partial charge is 0.143 e. The summed E-state index contributed by atoms with van der Waals surface area (Å²) in [5.74, 6) is 1.09. The van der Waals surface area contributed by atoms with Crippen molar-refractivity contribution in [1.29, 1.82) is 0 Å². The molecule has 3 rings (SSSR count). The van der Waals surface area contributed by atoms with Gasteiger partial charge in [-0.25, -0.2) is 0 Å². The average Bonchev–Trinajstić information content (AvgIpc) is 2.77. The van der Waals surface area contributed by atoms with Crippen molar-refractivity contribution >= 4 is 0 Å². The molecule has 2 bridgehead atoms. The average molecular weight is 182 g/mol. The first-order chi connectivity index (χ1) is 6.42. The van der Waals surface area contributed by atoms with Crippen LogP contribution in [0.25, 0.3) is 0 Å². The zero-order valence-corrected chi connectivity index (χ0v) is 8.47. The summed E-state index contributed by atoms with van der Waals surface area (Å²) in [6, 6.07) is 2.03. The molecule has 0 amide bonds. The summed E-state index contributed by atoms with van der Waals surface area (Å²) in [6.07, 6.45) is 7.60. The molecular weight excluding hydrogens is 160 g/mol. The van der Waals surface area contributed by atoms with E-state index in [1.807, 2.05) is 4.90 Å². The van der Waals surface area contributed by atoms with Gasteiger partial charge in [0.25, 0.3) is 0 Å². The normalized spacial score (nSPS) is 44.8. The summed E-state index contributed by atoms with van der Waals surface area (Å²) in [5.41, 5.74) is 0. The minimum absolute atomic E-state index is 1.00. The molecule has 1 saturated carbocycles. The predicted molar refractivity (Wildman–Crippen MR) is 51.6 cm³/mol. The van der Waals surface area contributed by atoms with E-state index >= 15 is 0 Å². The molecule has 1 unspecified atom stereocenters. The first-order valence-electron chi connectivity index (χ1n) is 6.10. The summed E-state index contributed by atoms with van der Waals surface area (Å²) < 4.78 is 0. The topological polar surface area (TPSA) is 21.1 Å². The summed E-state index contributed by atoms with van der Waals surface area (Å²) in [7, 11) is 0. The maximum atomic E-state index is 2.57. The Balaban J connectivity index is 1.55. The van der Waals surface area contributed by atoms with Crippen molar-refractivity contribution in [3.05, 3.63) is 0 Å². The van der Waals surface area contributed by atoms with Gasteiger partial charge in [0.1, 0.15) is 25.2 Å². The van der Waals surface area contributed by atoms with E-state index in [9.17, 15) is 0 Å². The second-order valence-electron chi connectivity index (χ2n) is 5.38. The van der Waals surface area contributed by atoms with Crippen molar-refractivity contribution in [2.45, 2.75) is 44.2 Å². The van der Waals surface area contributed by atoms with Gasteiger partial charge in [-0.2, -0.15) is 0 Å². The van der Waals surface area contributed by atoms with Crippen LogP contribution in [0.5, 0.6) is 0 Å². The zero-order valence-electron chi connectivity index (χ0n) is 8.47. The van der Waals surface area contributed by atoms with Gasteiger partial charge in [-0.15, -0.1) is 0 Å². The van der Waals surface area contributed by atoms with E-state index in [0.717, 1.165) is 18.0 Å². The largest absolute Gasteiger partial charge is 0.334 e. The highest BCUT2D eigenvalue weighted by Crippen LogP contribution is 2.23. The second-order valence-corrected chi connectivity index (χ2v) is 5.38. The van der Waals surface area contributed by atoms with E-state index < -0.39 is 0 Å². The van der Waals surface area contributed by atoms with E-state index in [-0.39, 0.29) is 0 Å². The van der Waals surface area contributed by atoms with Crippen LogP contribution >= 0.6 is 0 Å². The fourth-order valence-corrected chi connectivity index (χ4v) is 3.75. The van der Waals surface area contributed by atoms with Crippen LogP contribution in [0.2, 0.25) is 0 Å². The van der Waals surface area contributed by atoms with Crippen molar-refractivity contribution in [2.24, 2.45) is 5.92 Å². The molecule has 2 saturated heterocycles. The lowest BCUT2D eigenvalue weighted by Crippen LogP contribution is -3.21. The molecule has 3 aliphatic rings. The Hall–Kier alpha value is -0.0800. The molecule has 0 aromatic carbocycles. The van der Waals surface area contributed by atoms with Crippen LogP contribution in [0, 0.1) is 5.92 Å². The second kappa shape index (κ2) is 3.25. The van der Waals surface area contributed by atoms with Crippen molar-refractivity contribution in [3.63, 3.8) is 0 Å². The molecule has 13 heavy (non-hydrogen) atoms. The minimum Gasteiger partial charge on any atom is -0.334 e. The van der Waals surface area contributed by atoms with E-state index in [0.29, 0.717) is 0 Å². The molecule has 2 heteroatoms. The minimum atomic E-state index is 1.00. The van der Waals surface area contributed by atoms with Crippen molar-refractivity contribution in [1.82, 2.24) is 0 Å². The Kier molecular flexibility index (Phi) is 2.06. The molecule has 2 nitrogen and oxygen atoms in total. The number of nitrogens with one attached hydrogen (secondary N) is 1. The van der Waals surface area contributed by atoms with E-state index in [2.05, 4.69) is 5.32 Å². The highest BCUT2D eigenvalue weighted by molar-refractivity contribution is 4.76. The SMILES string of the molecule is C1CCC(C[NH+]2C[C@H]3C[C@@H]2C[NH2+]3)C1. The quantitative estimate of drug-likeness (QED) is 0.534. The maximum Gasteiger partial charge on any atom is 0.143 e. The first kappa shape index (κ1) is 8.25. The number of nitrogens with two attached hydrogens (primary N) is 1. The van der Waals surface area contributed by atoms with Gasteiger partial charge in [0, 0.05) is 5.92 Å². The molecule has 3 N–H and O–H groups in total. The number of quaternary nitrogens is 2. The summed E-state index contributed by atoms with van der Waals surface area (Å²) in [4.78, 5) is 1.96. The molecule has 3 atom stereocenters. The fourth-order valence-electron chi connectivity index (χ4n) is 3.75. The summed E-state index contributed by atoms with van der Waals surface area (Å²) in [5, 5.41) is 2.57. The lowest BCUT2D eigenvalue weighted by molar-refractivity contribution is -0.954. The molecule has 2 heterocycles. The molecule has 0 spiro atoms. The third-order valence-corrected chi connectivity index (χ3v) is 4.47. The monoisotopic (exact) mass is 182 g/mol. The van der Waals surface area contributed by atoms with Gasteiger partial charge < -0.3 is 10.2 Å². The molecular formula is C11H22N2+2. The van der Waals surface area contributed by atoms with Crippen LogP contribution in [-0.4, -0.2) is 31.7 Å². The van der Waals surface area contributed by atoms with Crippen LogP contribution in [0.3, 0.4) is 0 Å². The number of fused-ring (bicyclic) bond motifs is 2. The summed E-state index contributed by atoms with van der Waals surface area (Å²) in [6.45, 7) is 4.41. The molecule has 0 aromatic rings. The maximum absolute atomic E-state index is 2.57. The third-order valence-electron chi connectivity index (χ3n) is 4.47. The molecule has 1 aliphatic carbocycles. The Labute approximate surface area is 80.7 Å². The number of hydrogen-bond acceptors (Lipinski definition) is 0. The van der Waals surface area contributed by atoms with Gasteiger partial charge in [-0.1, -0.05) is 12.8 Å². The first-order valence-corrected chi connectivity index (χ1v) is 6.10. The van der Waals surface area contributed by atoms with Gasteiger partial charge in [0.15, 0.2) is 0 Å². The molecule has 2 aliphatic heterocycles. The van der Waals surface area contributed by atoms with Gasteiger partial charge in [0.05, 0.1) is 13.0 Å². The fraction of sp³-hybridized carbons (Fsp3) is 1.00. The molecule has 0 aromatic heterocycles. The lowest BCUT2D eigenvalue weighted by Gasteiger charge is -2.24. The van der Waals surface area contributed by atoms with Crippen molar-refractivity contribution in [3.8, 4) is 0 Å². The number of likely N-dealkylation sites (tertiary alicyclic amines) is 1. The van der Waals surface area contributed by atoms with Gasteiger partial charge in [-0.3, -0.25) is 0 Å². The molecule has 3 fully saturated rings. The Morgan fingerprint density at radius 2 is 2.08 bits per heavy atom. The lowest BCUT2D eigenvalue weighted by atomic mass is 10.1. The summed E-state index contributed by atoms with van der Waals surface area (Å²) >= 11 is 0. The van der Waals surface area contributed by atoms with Crippen molar-refractivity contribution < 1.29 is 10.2 Å². The molecule has 0 radical (unpaired) electrons. The third kappa shape index (κ3) is 1.50. The Morgan fingerprint density at radius 1 is 1.23 bits per heavy atom. The van der Waals surface area contributed by atoms with E-state index in [1.165, 1.54) is 51.7 Å². The van der Waals surface area contributed by atoms with E-state index in [1.54, 1.807) is 0 Å². The van der Waals surface area contributed by atoms with Crippen LogP contribution in [-0.2, 0) is 0 Å². The number of rotatable bonds is 2. The highest BCUT2D eigenvalue weighted by atomic mass is 15.3. The van der Waals surface area contributed by atoms with Crippen LogP contribution in [0.4, 0.5) is 0 Å². The Bertz CT molecular complexity index is 187. The Morgan fingerprint density at radius 3 is 2.69 bits per heavy atom. The standard InChI is InChI=1S/C11H20N2/c1-2-4-9(3-1)7-13-8-10-5-11(13)6-12-10/h9-12H,1-8H2/p+2/t10-,11-/m1/s1. The highest BCUT2D eigenvalue weighted by Gasteiger charge is 2.45. The van der Waals surface area contributed by atoms with Crippen molar-refractivity contribution in [2.75, 3.05) is 19.6 Å². The van der Waals surface area contributed by atoms with Gasteiger partial charge in [0.2, 0.25) is 0 Å². The predicted octanol–water partition coefficient (Wildman–Crippen LogP) is -1.22. The number of piperazine rings is 1. The van der Waals surface area contributed by atoms with Crippen LogP contribution < -0.4 is 10.2 Å². The van der Waals surface area contributed by atoms with Gasteiger partial charge in [-0.05, 0) is 12.8 Å². The molecule has 74 valence electrons. The van der Waals surface area contributed by atoms with Crippen LogP contribution in [0.1, 0.15) is 32.1 Å². The number of hydrogen-bond donors (Lipinski definition) is 2. The van der Waals surface area contributed by atoms with Gasteiger partial charge >= 0.3 is 0 Å². The zero-order chi connectivity index (χ0) is 8.67. The van der Waals surface area contributed by atoms with Crippen LogP contribution in [0.15, 0.2) is 0 Å². The van der Waals surface area contributed by atoms with E-state index in [4.69, 9.17) is 0 Å².